The van der Waals surface area contributed by atoms with Gasteiger partial charge in [0.15, 0.2) is 0 Å². The van der Waals surface area contributed by atoms with Gasteiger partial charge in [-0.3, -0.25) is 4.90 Å². The molecule has 0 aromatic heterocycles. The molecule has 172 valence electrons. The Labute approximate surface area is 195 Å². The molecule has 0 aliphatic carbocycles. The molecule has 1 amide bonds. The first-order valence-electron chi connectivity index (χ1n) is 10.9. The molecule has 0 aliphatic rings. The van der Waals surface area contributed by atoms with E-state index in [0.29, 0.717) is 11.4 Å². The number of carbonyl (C=O) groups excluding carboxylic acids is 1. The summed E-state index contributed by atoms with van der Waals surface area (Å²) in [5.41, 5.74) is 1.70. The number of ether oxygens (including phenoxy) is 2. The minimum atomic E-state index is -0.791. The summed E-state index contributed by atoms with van der Waals surface area (Å²) in [7, 11) is 1.59. The van der Waals surface area contributed by atoms with E-state index in [9.17, 15) is 9.90 Å². The number of hydrogen-bond acceptors (Lipinski definition) is 4. The van der Waals surface area contributed by atoms with Crippen LogP contribution in [0.3, 0.4) is 0 Å². The number of aliphatic hydroxyl groups is 1. The predicted octanol–water partition coefficient (Wildman–Crippen LogP) is 6.47. The number of amides is 1. The summed E-state index contributed by atoms with van der Waals surface area (Å²) in [6, 6.07) is 26.4. The van der Waals surface area contributed by atoms with Crippen LogP contribution in [0.25, 0.3) is 0 Å². The van der Waals surface area contributed by atoms with Crippen molar-refractivity contribution in [2.75, 3.05) is 12.0 Å². The fourth-order valence-corrected chi connectivity index (χ4v) is 3.42. The summed E-state index contributed by atoms with van der Waals surface area (Å²) in [6.45, 7) is 5.48. The normalized spacial score (nSPS) is 13.4. The van der Waals surface area contributed by atoms with E-state index < -0.39 is 17.8 Å². The minimum absolute atomic E-state index is 0.378. The Morgan fingerprint density at radius 1 is 0.879 bits per heavy atom. The van der Waals surface area contributed by atoms with E-state index in [-0.39, 0.29) is 5.92 Å². The molecule has 0 fully saturated rings. The van der Waals surface area contributed by atoms with Gasteiger partial charge in [-0.2, -0.15) is 0 Å². The van der Waals surface area contributed by atoms with Gasteiger partial charge in [0.1, 0.15) is 11.4 Å². The molecule has 3 rings (SSSR count). The average molecular weight is 446 g/mol. The molecule has 3 aromatic rings. The highest BCUT2D eigenvalue weighted by Gasteiger charge is 2.24. The van der Waals surface area contributed by atoms with Gasteiger partial charge in [-0.1, -0.05) is 66.7 Å². The minimum Gasteiger partial charge on any atom is -0.497 e. The number of methoxy groups -OCH3 is 1. The lowest BCUT2D eigenvalue weighted by atomic mass is 9.89. The monoisotopic (exact) mass is 445 g/mol. The molecule has 2 atom stereocenters. The molecule has 5 nitrogen and oxygen atoms in total. The van der Waals surface area contributed by atoms with E-state index in [1.54, 1.807) is 37.6 Å². The van der Waals surface area contributed by atoms with E-state index in [2.05, 4.69) is 0 Å². The topological polar surface area (TPSA) is 59.0 Å². The average Bonchev–Trinajstić information content (AvgIpc) is 2.81. The second kappa shape index (κ2) is 10.8. The van der Waals surface area contributed by atoms with Crippen LogP contribution in [0, 0.1) is 0 Å². The first kappa shape index (κ1) is 24.1. The van der Waals surface area contributed by atoms with Crippen LogP contribution in [0.4, 0.5) is 10.5 Å². The van der Waals surface area contributed by atoms with Crippen LogP contribution in [0.15, 0.2) is 97.2 Å². The molecule has 0 saturated heterocycles. The lowest BCUT2D eigenvalue weighted by Crippen LogP contribution is -2.33. The number of aliphatic hydroxyl groups excluding tert-OH is 1. The molecule has 5 heteroatoms. The largest absolute Gasteiger partial charge is 0.497 e. The van der Waals surface area contributed by atoms with Crippen molar-refractivity contribution in [3.8, 4) is 5.75 Å². The summed E-state index contributed by atoms with van der Waals surface area (Å²) in [6.07, 6.45) is 2.20. The highest BCUT2D eigenvalue weighted by atomic mass is 16.6. The molecule has 0 saturated carbocycles. The molecular formula is C28H31NO4. The lowest BCUT2D eigenvalue weighted by Gasteiger charge is -2.26. The molecule has 0 radical (unpaired) electrons. The van der Waals surface area contributed by atoms with Crippen LogP contribution in [0.2, 0.25) is 0 Å². The van der Waals surface area contributed by atoms with Gasteiger partial charge in [-0.15, -0.1) is 0 Å². The number of nitrogens with zero attached hydrogens (tertiary/aromatic N) is 1. The number of benzene rings is 3. The Morgan fingerprint density at radius 2 is 1.42 bits per heavy atom. The van der Waals surface area contributed by atoms with E-state index >= 15 is 0 Å². The third kappa shape index (κ3) is 6.70. The molecular weight excluding hydrogens is 414 g/mol. The first-order chi connectivity index (χ1) is 15.8. The Hall–Kier alpha value is -3.57. The fraction of sp³-hybridized carbons (Fsp3) is 0.250. The van der Waals surface area contributed by atoms with Crippen molar-refractivity contribution in [2.45, 2.75) is 38.4 Å². The highest BCUT2D eigenvalue weighted by Crippen LogP contribution is 2.33. The third-order valence-electron chi connectivity index (χ3n) is 5.05. The maximum Gasteiger partial charge on any atom is 0.418 e. The second-order valence-electron chi connectivity index (χ2n) is 8.68. The zero-order chi connectivity index (χ0) is 23.8. The summed E-state index contributed by atoms with van der Waals surface area (Å²) >= 11 is 0. The Bertz CT molecular complexity index is 1040. The van der Waals surface area contributed by atoms with Crippen LogP contribution >= 0.6 is 0 Å². The Balaban J connectivity index is 1.99. The van der Waals surface area contributed by atoms with Gasteiger partial charge in [0.2, 0.25) is 0 Å². The SMILES string of the molecule is COc1ccc(N(/C=C/C(c2ccccc2)C(O)c2ccccc2)C(=O)OC(C)(C)C)cc1. The number of rotatable bonds is 7. The first-order valence-corrected chi connectivity index (χ1v) is 10.9. The smallest absolute Gasteiger partial charge is 0.418 e. The highest BCUT2D eigenvalue weighted by molar-refractivity contribution is 5.90. The molecule has 33 heavy (non-hydrogen) atoms. The zero-order valence-electron chi connectivity index (χ0n) is 19.5. The number of anilines is 1. The van der Waals surface area contributed by atoms with Crippen molar-refractivity contribution >= 4 is 11.8 Å². The standard InChI is InChI=1S/C28H31NO4/c1-28(2,3)33-27(31)29(23-15-17-24(32-4)18-16-23)20-19-25(21-11-7-5-8-12-21)26(30)22-13-9-6-10-14-22/h5-20,25-26,30H,1-4H3/b20-19+. The molecule has 0 spiro atoms. The Morgan fingerprint density at radius 3 is 1.94 bits per heavy atom. The molecule has 0 aliphatic heterocycles. The summed E-state index contributed by atoms with van der Waals surface area (Å²) < 4.78 is 10.9. The molecule has 3 aromatic carbocycles. The predicted molar refractivity (Wildman–Crippen MR) is 131 cm³/mol. The van der Waals surface area contributed by atoms with Gasteiger partial charge in [0.05, 0.1) is 18.9 Å². The van der Waals surface area contributed by atoms with Crippen LogP contribution in [-0.2, 0) is 4.74 Å². The van der Waals surface area contributed by atoms with E-state index in [1.807, 2.05) is 87.5 Å². The molecule has 0 heterocycles. The van der Waals surface area contributed by atoms with Gasteiger partial charge >= 0.3 is 6.09 Å². The maximum atomic E-state index is 13.1. The van der Waals surface area contributed by atoms with Crippen molar-refractivity contribution in [2.24, 2.45) is 0 Å². The van der Waals surface area contributed by atoms with E-state index in [1.165, 1.54) is 4.90 Å². The van der Waals surface area contributed by atoms with Crippen LogP contribution in [0.1, 0.15) is 43.9 Å². The van der Waals surface area contributed by atoms with Crippen molar-refractivity contribution in [3.63, 3.8) is 0 Å². The number of hydrogen-bond donors (Lipinski definition) is 1. The van der Waals surface area contributed by atoms with Crippen molar-refractivity contribution in [1.29, 1.82) is 0 Å². The van der Waals surface area contributed by atoms with Crippen LogP contribution in [-0.4, -0.2) is 23.9 Å². The Kier molecular flexibility index (Phi) is 7.91. The van der Waals surface area contributed by atoms with Gasteiger partial charge in [-0.25, -0.2) is 4.79 Å². The third-order valence-corrected chi connectivity index (χ3v) is 5.05. The van der Waals surface area contributed by atoms with Crippen molar-refractivity contribution < 1.29 is 19.4 Å². The van der Waals surface area contributed by atoms with Gasteiger partial charge in [0, 0.05) is 12.1 Å². The summed E-state index contributed by atoms with van der Waals surface area (Å²) in [4.78, 5) is 14.5. The van der Waals surface area contributed by atoms with Crippen LogP contribution in [0.5, 0.6) is 5.75 Å². The van der Waals surface area contributed by atoms with E-state index in [0.717, 1.165) is 11.1 Å². The van der Waals surface area contributed by atoms with Crippen molar-refractivity contribution in [3.05, 3.63) is 108 Å². The quantitative estimate of drug-likeness (QED) is 0.453. The molecule has 1 N–H and O–H groups in total. The van der Waals surface area contributed by atoms with Crippen LogP contribution < -0.4 is 9.64 Å². The lowest BCUT2D eigenvalue weighted by molar-refractivity contribution is 0.0596. The maximum absolute atomic E-state index is 13.1. The summed E-state index contributed by atoms with van der Waals surface area (Å²) in [5, 5.41) is 11.2. The van der Waals surface area contributed by atoms with Gasteiger partial charge in [-0.05, 0) is 56.2 Å². The van der Waals surface area contributed by atoms with E-state index in [4.69, 9.17) is 9.47 Å². The number of carbonyl (C=O) groups is 1. The second-order valence-corrected chi connectivity index (χ2v) is 8.68. The van der Waals surface area contributed by atoms with Gasteiger partial charge in [0.25, 0.3) is 0 Å². The zero-order valence-corrected chi connectivity index (χ0v) is 19.5. The van der Waals surface area contributed by atoms with Gasteiger partial charge < -0.3 is 14.6 Å². The molecule has 0 bridgehead atoms. The molecule has 2 unspecified atom stereocenters. The fourth-order valence-electron chi connectivity index (χ4n) is 3.42. The summed E-state index contributed by atoms with van der Waals surface area (Å²) in [5.74, 6) is 0.310. The van der Waals surface area contributed by atoms with Crippen molar-refractivity contribution in [1.82, 2.24) is 0 Å².